The van der Waals surface area contributed by atoms with Gasteiger partial charge in [0.15, 0.2) is 10.9 Å². The molecule has 0 fully saturated rings. The highest BCUT2D eigenvalue weighted by Crippen LogP contribution is 2.28. The first kappa shape index (κ1) is 13.5. The number of benzene rings is 1. The molecule has 0 aliphatic heterocycles. The lowest BCUT2D eigenvalue weighted by Crippen LogP contribution is -2.08. The normalized spacial score (nSPS) is 10.5. The van der Waals surface area contributed by atoms with E-state index in [2.05, 4.69) is 9.97 Å². The summed E-state index contributed by atoms with van der Waals surface area (Å²) in [5.41, 5.74) is 0.591. The number of rotatable bonds is 3. The minimum absolute atomic E-state index is 0.239. The fourth-order valence-corrected chi connectivity index (χ4v) is 2.57. The van der Waals surface area contributed by atoms with Crippen LogP contribution in [0.25, 0.3) is 0 Å². The maximum atomic E-state index is 13.1. The first-order chi connectivity index (χ1) is 8.95. The van der Waals surface area contributed by atoms with Crippen molar-refractivity contribution in [3.05, 3.63) is 51.7 Å². The van der Waals surface area contributed by atoms with Gasteiger partial charge in [-0.3, -0.25) is 9.59 Å². The Hall–Kier alpha value is -1.95. The van der Waals surface area contributed by atoms with Crippen LogP contribution in [0.4, 0.5) is 4.39 Å². The summed E-state index contributed by atoms with van der Waals surface area (Å²) in [5.74, 6) is -0.711. The zero-order chi connectivity index (χ0) is 14.0. The summed E-state index contributed by atoms with van der Waals surface area (Å²) in [6.45, 7) is 3.07. The fraction of sp³-hybridized carbons (Fsp3) is 0.154. The van der Waals surface area contributed by atoms with Crippen LogP contribution in [0, 0.1) is 12.7 Å². The number of nitrogens with zero attached hydrogens (tertiary/aromatic N) is 1. The highest BCUT2D eigenvalue weighted by molar-refractivity contribution is 7.99. The second-order valence-corrected chi connectivity index (χ2v) is 5.02. The summed E-state index contributed by atoms with van der Waals surface area (Å²) >= 11 is 1.13. The quantitative estimate of drug-likeness (QED) is 0.692. The molecule has 98 valence electrons. The molecule has 0 aliphatic carbocycles. The third-order valence-corrected chi connectivity index (χ3v) is 3.34. The van der Waals surface area contributed by atoms with Crippen molar-refractivity contribution in [3.63, 3.8) is 0 Å². The van der Waals surface area contributed by atoms with Gasteiger partial charge in [-0.05, 0) is 32.0 Å². The highest BCUT2D eigenvalue weighted by Gasteiger charge is 2.11. The van der Waals surface area contributed by atoms with Gasteiger partial charge in [-0.15, -0.1) is 0 Å². The highest BCUT2D eigenvalue weighted by atomic mass is 32.2. The molecule has 2 rings (SSSR count). The Kier molecular flexibility index (Phi) is 3.80. The van der Waals surface area contributed by atoms with Crippen LogP contribution < -0.4 is 5.56 Å². The summed E-state index contributed by atoms with van der Waals surface area (Å²) in [6.07, 6.45) is 0. The van der Waals surface area contributed by atoms with Crippen LogP contribution in [-0.2, 0) is 0 Å². The molecule has 0 aliphatic rings. The van der Waals surface area contributed by atoms with Crippen LogP contribution in [-0.4, -0.2) is 15.8 Å². The average molecular weight is 278 g/mol. The number of aromatic amines is 1. The second-order valence-electron chi connectivity index (χ2n) is 3.99. The number of carbonyl (C=O) groups excluding carboxylic acids is 1. The topological polar surface area (TPSA) is 62.8 Å². The van der Waals surface area contributed by atoms with Crippen molar-refractivity contribution < 1.29 is 9.18 Å². The second kappa shape index (κ2) is 5.36. The molecule has 19 heavy (non-hydrogen) atoms. The Morgan fingerprint density at radius 1 is 1.37 bits per heavy atom. The molecular formula is C13H11FN2O2S. The van der Waals surface area contributed by atoms with E-state index in [0.29, 0.717) is 15.7 Å². The van der Waals surface area contributed by atoms with E-state index < -0.39 is 5.82 Å². The van der Waals surface area contributed by atoms with Crippen LogP contribution >= 0.6 is 11.8 Å². The van der Waals surface area contributed by atoms with E-state index in [1.807, 2.05) is 0 Å². The number of aromatic nitrogens is 2. The molecule has 0 saturated heterocycles. The van der Waals surface area contributed by atoms with Crippen LogP contribution in [0.1, 0.15) is 23.0 Å². The molecular weight excluding hydrogens is 267 g/mol. The third-order valence-electron chi connectivity index (χ3n) is 2.38. The van der Waals surface area contributed by atoms with Crippen molar-refractivity contribution >= 4 is 17.5 Å². The van der Waals surface area contributed by atoms with Gasteiger partial charge in [0.2, 0.25) is 0 Å². The number of carbonyl (C=O) groups is 1. The maximum absolute atomic E-state index is 13.1. The molecule has 1 aromatic heterocycles. The first-order valence-electron chi connectivity index (χ1n) is 5.52. The molecule has 1 aromatic carbocycles. The number of H-pyrrole nitrogens is 1. The van der Waals surface area contributed by atoms with Gasteiger partial charge in [0.25, 0.3) is 5.56 Å². The molecule has 1 N–H and O–H groups in total. The molecule has 2 aromatic rings. The van der Waals surface area contributed by atoms with Gasteiger partial charge in [0, 0.05) is 22.2 Å². The fourth-order valence-electron chi connectivity index (χ4n) is 1.57. The Labute approximate surface area is 113 Å². The molecule has 0 bridgehead atoms. The van der Waals surface area contributed by atoms with Crippen LogP contribution in [0.2, 0.25) is 0 Å². The number of Topliss-reactive ketones (excluding diaryl/α,β-unsaturated/α-hetero) is 1. The zero-order valence-corrected chi connectivity index (χ0v) is 11.2. The molecule has 4 nitrogen and oxygen atoms in total. The number of ketones is 1. The molecule has 0 atom stereocenters. The van der Waals surface area contributed by atoms with Gasteiger partial charge < -0.3 is 4.98 Å². The van der Waals surface area contributed by atoms with E-state index in [1.54, 1.807) is 6.92 Å². The number of nitrogens with one attached hydrogen (secondary N) is 1. The summed E-state index contributed by atoms with van der Waals surface area (Å²) in [5, 5.41) is 0.374. The minimum Gasteiger partial charge on any atom is -0.301 e. The van der Waals surface area contributed by atoms with Crippen LogP contribution in [0.15, 0.2) is 39.1 Å². The van der Waals surface area contributed by atoms with Crippen molar-refractivity contribution in [2.45, 2.75) is 23.9 Å². The third kappa shape index (κ3) is 3.29. The molecule has 0 spiro atoms. The molecule has 6 heteroatoms. The maximum Gasteiger partial charge on any atom is 0.251 e. The van der Waals surface area contributed by atoms with Gasteiger partial charge in [-0.25, -0.2) is 9.37 Å². The van der Waals surface area contributed by atoms with E-state index >= 15 is 0 Å². The SMILES string of the molecule is CC(=O)c1cc(F)ccc1Sc1nc(C)cc(=O)[nH]1. The number of halogens is 1. The number of hydrogen-bond acceptors (Lipinski definition) is 4. The Bertz CT molecular complexity index is 697. The van der Waals surface area contributed by atoms with Gasteiger partial charge >= 0.3 is 0 Å². The van der Waals surface area contributed by atoms with Crippen molar-refractivity contribution in [2.24, 2.45) is 0 Å². The minimum atomic E-state index is -0.472. The average Bonchev–Trinajstić information content (AvgIpc) is 2.30. The summed E-state index contributed by atoms with van der Waals surface area (Å²) in [4.78, 5) is 30.1. The van der Waals surface area contributed by atoms with Crippen molar-refractivity contribution in [1.82, 2.24) is 9.97 Å². The van der Waals surface area contributed by atoms with Crippen LogP contribution in [0.3, 0.4) is 0 Å². The first-order valence-corrected chi connectivity index (χ1v) is 6.33. The summed E-state index contributed by atoms with van der Waals surface area (Å²) < 4.78 is 13.1. The molecule has 0 amide bonds. The van der Waals surface area contributed by atoms with Crippen molar-refractivity contribution in [2.75, 3.05) is 0 Å². The zero-order valence-electron chi connectivity index (χ0n) is 10.4. The van der Waals surface area contributed by atoms with Crippen molar-refractivity contribution in [1.29, 1.82) is 0 Å². The monoisotopic (exact) mass is 278 g/mol. The van der Waals surface area contributed by atoms with E-state index in [-0.39, 0.29) is 16.9 Å². The van der Waals surface area contributed by atoms with Gasteiger partial charge in [-0.1, -0.05) is 11.8 Å². The van der Waals surface area contributed by atoms with Gasteiger partial charge in [-0.2, -0.15) is 0 Å². The van der Waals surface area contributed by atoms with Gasteiger partial charge in [0.1, 0.15) is 5.82 Å². The number of aryl methyl sites for hydroxylation is 1. The van der Waals surface area contributed by atoms with Crippen LogP contribution in [0.5, 0.6) is 0 Å². The van der Waals surface area contributed by atoms with E-state index in [0.717, 1.165) is 11.8 Å². The Morgan fingerprint density at radius 2 is 2.11 bits per heavy atom. The lowest BCUT2D eigenvalue weighted by molar-refractivity contribution is 0.101. The standard InChI is InChI=1S/C13H11FN2O2S/c1-7-5-12(18)16-13(15-7)19-11-4-3-9(14)6-10(11)8(2)17/h3-6H,1-2H3,(H,15,16,18). The van der Waals surface area contributed by atoms with E-state index in [1.165, 1.54) is 31.2 Å². The largest absolute Gasteiger partial charge is 0.301 e. The van der Waals surface area contributed by atoms with E-state index in [4.69, 9.17) is 0 Å². The summed E-state index contributed by atoms with van der Waals surface area (Å²) in [7, 11) is 0. The predicted molar refractivity (Wildman–Crippen MR) is 70.1 cm³/mol. The van der Waals surface area contributed by atoms with Gasteiger partial charge in [0.05, 0.1) is 0 Å². The molecule has 0 radical (unpaired) electrons. The molecule has 0 saturated carbocycles. The molecule has 0 unspecified atom stereocenters. The molecule has 1 heterocycles. The van der Waals surface area contributed by atoms with E-state index in [9.17, 15) is 14.0 Å². The lowest BCUT2D eigenvalue weighted by Gasteiger charge is -2.06. The van der Waals surface area contributed by atoms with Crippen molar-refractivity contribution in [3.8, 4) is 0 Å². The number of hydrogen-bond donors (Lipinski definition) is 1. The lowest BCUT2D eigenvalue weighted by atomic mass is 10.1. The Balaban J connectivity index is 2.43. The Morgan fingerprint density at radius 3 is 2.74 bits per heavy atom. The summed E-state index contributed by atoms with van der Waals surface area (Å²) in [6, 6.07) is 5.32. The smallest absolute Gasteiger partial charge is 0.251 e. The predicted octanol–water partition coefficient (Wildman–Crippen LogP) is 2.57.